The summed E-state index contributed by atoms with van der Waals surface area (Å²) in [7, 11) is 0. The van der Waals surface area contributed by atoms with Gasteiger partial charge in [-0.25, -0.2) is 4.79 Å². The molecule has 0 radical (unpaired) electrons. The number of hydrogen-bond donors (Lipinski definition) is 8. The Labute approximate surface area is 197 Å². The van der Waals surface area contributed by atoms with Crippen LogP contribution in [-0.4, -0.2) is 65.0 Å². The first-order chi connectivity index (χ1) is 16.2. The quantitative estimate of drug-likeness (QED) is 0.0947. The standard InChI is InChI=1S/C22H34N8O4/c23-9-3-6-15(24)19(31)30-18(11-13-12-28-16-7-2-1-5-14(13)16)20(32)29-17(21(33)34)8-4-10-27-22(25)26/h1-2,5,7,12,15,17-18,28H,3-4,6,8-11,23-24H2,(H,29,32)(H,30,31)(H,33,34)(H4,25,26,27)/t15-,17-,18-/m0/s1. The number of carbonyl (C=O) groups excluding carboxylic acids is 2. The largest absolute Gasteiger partial charge is 0.480 e. The van der Waals surface area contributed by atoms with Gasteiger partial charge in [0.15, 0.2) is 5.96 Å². The third kappa shape index (κ3) is 8.05. The van der Waals surface area contributed by atoms with E-state index in [1.54, 1.807) is 6.20 Å². The van der Waals surface area contributed by atoms with Gasteiger partial charge < -0.3 is 43.7 Å². The number of aliphatic imine (C=N–C) groups is 1. The highest BCUT2D eigenvalue weighted by atomic mass is 16.4. The summed E-state index contributed by atoms with van der Waals surface area (Å²) in [6.45, 7) is 0.619. The predicted molar refractivity (Wildman–Crippen MR) is 130 cm³/mol. The Bertz CT molecular complexity index is 1000. The zero-order valence-corrected chi connectivity index (χ0v) is 19.0. The Morgan fingerprint density at radius 3 is 2.41 bits per heavy atom. The summed E-state index contributed by atoms with van der Waals surface area (Å²) in [5, 5.41) is 15.6. The molecule has 186 valence electrons. The summed E-state index contributed by atoms with van der Waals surface area (Å²) in [5.41, 5.74) is 23.7. The topological polar surface area (TPSA) is 228 Å². The van der Waals surface area contributed by atoms with E-state index in [2.05, 4.69) is 20.6 Å². The fraction of sp³-hybridized carbons (Fsp3) is 0.455. The highest BCUT2D eigenvalue weighted by Gasteiger charge is 2.28. The van der Waals surface area contributed by atoms with Gasteiger partial charge in [-0.1, -0.05) is 18.2 Å². The maximum Gasteiger partial charge on any atom is 0.326 e. The summed E-state index contributed by atoms with van der Waals surface area (Å²) in [5.74, 6) is -2.43. The van der Waals surface area contributed by atoms with E-state index in [0.29, 0.717) is 25.8 Å². The van der Waals surface area contributed by atoms with E-state index in [1.807, 2.05) is 24.3 Å². The Kier molecular flexibility index (Phi) is 10.3. The monoisotopic (exact) mass is 474 g/mol. The number of aliphatic carboxylic acids is 1. The van der Waals surface area contributed by atoms with Gasteiger partial charge in [0.05, 0.1) is 6.04 Å². The average molecular weight is 475 g/mol. The van der Waals surface area contributed by atoms with Crippen LogP contribution in [0.15, 0.2) is 35.5 Å². The van der Waals surface area contributed by atoms with Crippen molar-refractivity contribution in [3.8, 4) is 0 Å². The second-order valence-electron chi connectivity index (χ2n) is 8.01. The number of aromatic nitrogens is 1. The van der Waals surface area contributed by atoms with Crippen LogP contribution in [0.3, 0.4) is 0 Å². The van der Waals surface area contributed by atoms with E-state index in [4.69, 9.17) is 22.9 Å². The van der Waals surface area contributed by atoms with E-state index in [0.717, 1.165) is 16.5 Å². The molecule has 2 rings (SSSR count). The van der Waals surface area contributed by atoms with Crippen LogP contribution in [0.1, 0.15) is 31.2 Å². The van der Waals surface area contributed by atoms with Crippen LogP contribution < -0.4 is 33.6 Å². The molecule has 1 aromatic carbocycles. The van der Waals surface area contributed by atoms with E-state index in [-0.39, 0.29) is 25.3 Å². The summed E-state index contributed by atoms with van der Waals surface area (Å²) in [4.78, 5) is 44.4. The van der Waals surface area contributed by atoms with Crippen molar-refractivity contribution in [2.45, 2.75) is 50.2 Å². The first kappa shape index (κ1) is 26.6. The molecule has 12 nitrogen and oxygen atoms in total. The van der Waals surface area contributed by atoms with Gasteiger partial charge in [-0.05, 0) is 43.9 Å². The van der Waals surface area contributed by atoms with Gasteiger partial charge in [0.2, 0.25) is 11.8 Å². The van der Waals surface area contributed by atoms with Crippen LogP contribution in [0, 0.1) is 0 Å². The van der Waals surface area contributed by atoms with Crippen LogP contribution in [0.25, 0.3) is 10.9 Å². The summed E-state index contributed by atoms with van der Waals surface area (Å²) in [6.07, 6.45) is 3.29. The third-order valence-electron chi connectivity index (χ3n) is 5.35. The molecule has 1 aromatic heterocycles. The van der Waals surface area contributed by atoms with Crippen LogP contribution in [0.4, 0.5) is 0 Å². The lowest BCUT2D eigenvalue weighted by Gasteiger charge is -2.23. The number of amides is 2. The Morgan fingerprint density at radius 2 is 1.74 bits per heavy atom. The van der Waals surface area contributed by atoms with Crippen LogP contribution in [-0.2, 0) is 20.8 Å². The highest BCUT2D eigenvalue weighted by Crippen LogP contribution is 2.19. The molecule has 0 aliphatic heterocycles. The molecule has 12 N–H and O–H groups in total. The average Bonchev–Trinajstić information content (AvgIpc) is 3.21. The van der Waals surface area contributed by atoms with Crippen molar-refractivity contribution in [2.75, 3.05) is 13.1 Å². The fourth-order valence-corrected chi connectivity index (χ4v) is 3.51. The van der Waals surface area contributed by atoms with Crippen molar-refractivity contribution in [1.29, 1.82) is 0 Å². The summed E-state index contributed by atoms with van der Waals surface area (Å²) < 4.78 is 0. The van der Waals surface area contributed by atoms with Gasteiger partial charge in [0.1, 0.15) is 12.1 Å². The third-order valence-corrected chi connectivity index (χ3v) is 5.35. The number of carboxylic acid groups (broad SMARTS) is 1. The number of aromatic amines is 1. The van der Waals surface area contributed by atoms with Crippen LogP contribution >= 0.6 is 0 Å². The molecule has 2 amide bonds. The molecule has 2 aromatic rings. The smallest absolute Gasteiger partial charge is 0.326 e. The van der Waals surface area contributed by atoms with Crippen molar-refractivity contribution in [2.24, 2.45) is 27.9 Å². The van der Waals surface area contributed by atoms with Crippen molar-refractivity contribution < 1.29 is 19.5 Å². The minimum atomic E-state index is -1.20. The Balaban J connectivity index is 2.17. The van der Waals surface area contributed by atoms with E-state index in [9.17, 15) is 19.5 Å². The molecule has 12 heteroatoms. The molecule has 0 aliphatic carbocycles. The number of nitrogens with zero attached hydrogens (tertiary/aromatic N) is 1. The van der Waals surface area contributed by atoms with E-state index in [1.165, 1.54) is 0 Å². The molecule has 0 unspecified atom stereocenters. The van der Waals surface area contributed by atoms with Gasteiger partial charge in [0.25, 0.3) is 0 Å². The lowest BCUT2D eigenvalue weighted by molar-refractivity contribution is -0.142. The van der Waals surface area contributed by atoms with Gasteiger partial charge >= 0.3 is 5.97 Å². The normalized spacial score (nSPS) is 13.6. The number of benzene rings is 1. The van der Waals surface area contributed by atoms with Crippen molar-refractivity contribution in [3.05, 3.63) is 36.0 Å². The first-order valence-electron chi connectivity index (χ1n) is 11.1. The van der Waals surface area contributed by atoms with Crippen LogP contribution in [0.2, 0.25) is 0 Å². The molecule has 34 heavy (non-hydrogen) atoms. The number of carboxylic acids is 1. The first-order valence-corrected chi connectivity index (χ1v) is 11.1. The number of rotatable bonds is 14. The summed E-state index contributed by atoms with van der Waals surface area (Å²) >= 11 is 0. The van der Waals surface area contributed by atoms with E-state index >= 15 is 0 Å². The Morgan fingerprint density at radius 1 is 1.03 bits per heavy atom. The van der Waals surface area contributed by atoms with Gasteiger partial charge in [-0.3, -0.25) is 14.6 Å². The number of nitrogens with one attached hydrogen (secondary N) is 3. The van der Waals surface area contributed by atoms with Crippen molar-refractivity contribution in [3.63, 3.8) is 0 Å². The van der Waals surface area contributed by atoms with Crippen LogP contribution in [0.5, 0.6) is 0 Å². The zero-order valence-electron chi connectivity index (χ0n) is 19.0. The number of para-hydroxylation sites is 1. The highest BCUT2D eigenvalue weighted by molar-refractivity contribution is 5.93. The number of nitrogens with two attached hydrogens (primary N) is 4. The molecule has 0 saturated heterocycles. The lowest BCUT2D eigenvalue weighted by Crippen LogP contribution is -2.55. The van der Waals surface area contributed by atoms with E-state index < -0.39 is 35.9 Å². The minimum absolute atomic E-state index is 0.0941. The molecular weight excluding hydrogens is 440 g/mol. The second kappa shape index (κ2) is 13.2. The van der Waals surface area contributed by atoms with Crippen molar-refractivity contribution >= 4 is 34.6 Å². The number of hydrogen-bond acceptors (Lipinski definition) is 6. The van der Waals surface area contributed by atoms with Gasteiger partial charge in [-0.15, -0.1) is 0 Å². The summed E-state index contributed by atoms with van der Waals surface area (Å²) in [6, 6.07) is 4.50. The molecule has 0 saturated carbocycles. The Hall–Kier alpha value is -3.64. The fourth-order valence-electron chi connectivity index (χ4n) is 3.51. The van der Waals surface area contributed by atoms with Gasteiger partial charge in [0, 0.05) is 30.1 Å². The second-order valence-corrected chi connectivity index (χ2v) is 8.01. The van der Waals surface area contributed by atoms with Gasteiger partial charge in [-0.2, -0.15) is 0 Å². The number of fused-ring (bicyclic) bond motifs is 1. The molecule has 0 bridgehead atoms. The minimum Gasteiger partial charge on any atom is -0.480 e. The lowest BCUT2D eigenvalue weighted by atomic mass is 10.0. The molecule has 0 fully saturated rings. The maximum absolute atomic E-state index is 13.1. The predicted octanol–water partition coefficient (Wildman–Crippen LogP) is -1.12. The molecule has 1 heterocycles. The number of guanidine groups is 1. The number of carbonyl (C=O) groups is 3. The molecular formula is C22H34N8O4. The molecule has 0 spiro atoms. The van der Waals surface area contributed by atoms with Crippen molar-refractivity contribution in [1.82, 2.24) is 15.6 Å². The zero-order chi connectivity index (χ0) is 25.1. The molecule has 0 aliphatic rings. The maximum atomic E-state index is 13.1. The SMILES string of the molecule is NCCC[C@H](N)C(=O)N[C@@H](Cc1c[nH]c2ccccc12)C(=O)N[C@@H](CCCN=C(N)N)C(=O)O. The molecule has 3 atom stereocenters. The number of H-pyrrole nitrogens is 1.